The van der Waals surface area contributed by atoms with Crippen molar-refractivity contribution in [3.05, 3.63) is 47.9 Å². The SMILES string of the molecule is Cc1nc(C2(NC(=O)c3cnc4ccccc4n3)CCCC2)no1. The topological polar surface area (TPSA) is 93.8 Å². The van der Waals surface area contributed by atoms with Crippen LogP contribution in [-0.4, -0.2) is 26.0 Å². The van der Waals surface area contributed by atoms with Gasteiger partial charge in [0.05, 0.1) is 17.2 Å². The molecule has 0 spiro atoms. The highest BCUT2D eigenvalue weighted by Gasteiger charge is 2.41. The Balaban J connectivity index is 1.65. The Labute approximate surface area is 138 Å². The molecule has 0 aliphatic heterocycles. The number of fused-ring (bicyclic) bond motifs is 1. The molecule has 1 amide bonds. The number of carbonyl (C=O) groups excluding carboxylic acids is 1. The van der Waals surface area contributed by atoms with E-state index in [0.717, 1.165) is 31.2 Å². The number of amides is 1. The van der Waals surface area contributed by atoms with Crippen LogP contribution in [-0.2, 0) is 5.54 Å². The molecule has 0 unspecified atom stereocenters. The van der Waals surface area contributed by atoms with Crippen molar-refractivity contribution < 1.29 is 9.32 Å². The molecule has 7 nitrogen and oxygen atoms in total. The van der Waals surface area contributed by atoms with Crippen LogP contribution >= 0.6 is 0 Å². The zero-order chi connectivity index (χ0) is 16.6. The van der Waals surface area contributed by atoms with E-state index in [1.54, 1.807) is 6.92 Å². The van der Waals surface area contributed by atoms with Gasteiger partial charge in [-0.05, 0) is 25.0 Å². The summed E-state index contributed by atoms with van der Waals surface area (Å²) >= 11 is 0. The van der Waals surface area contributed by atoms with Crippen LogP contribution in [0.1, 0.15) is 47.9 Å². The third-order valence-electron chi connectivity index (χ3n) is 4.45. The highest BCUT2D eigenvalue weighted by molar-refractivity contribution is 5.94. The van der Waals surface area contributed by atoms with Gasteiger partial charge < -0.3 is 9.84 Å². The number of aromatic nitrogens is 4. The molecular formula is C17H17N5O2. The molecule has 2 aromatic heterocycles. The molecule has 0 bridgehead atoms. The van der Waals surface area contributed by atoms with Gasteiger partial charge in [0.15, 0.2) is 5.82 Å². The summed E-state index contributed by atoms with van der Waals surface area (Å²) in [6.07, 6.45) is 5.10. The van der Waals surface area contributed by atoms with Crippen LogP contribution in [0.3, 0.4) is 0 Å². The van der Waals surface area contributed by atoms with E-state index in [1.165, 1.54) is 6.20 Å². The molecule has 1 saturated carbocycles. The lowest BCUT2D eigenvalue weighted by atomic mass is 9.96. The van der Waals surface area contributed by atoms with Crippen LogP contribution in [0.25, 0.3) is 11.0 Å². The zero-order valence-corrected chi connectivity index (χ0v) is 13.3. The van der Waals surface area contributed by atoms with E-state index in [0.29, 0.717) is 22.9 Å². The number of para-hydroxylation sites is 2. The number of hydrogen-bond donors (Lipinski definition) is 1. The second-order valence-electron chi connectivity index (χ2n) is 6.12. The molecule has 1 aliphatic carbocycles. The van der Waals surface area contributed by atoms with Crippen molar-refractivity contribution in [2.24, 2.45) is 0 Å². The van der Waals surface area contributed by atoms with Gasteiger partial charge in [-0.3, -0.25) is 9.78 Å². The number of hydrogen-bond acceptors (Lipinski definition) is 6. The second kappa shape index (κ2) is 5.67. The van der Waals surface area contributed by atoms with Gasteiger partial charge in [-0.2, -0.15) is 4.98 Å². The molecule has 1 N–H and O–H groups in total. The molecule has 0 radical (unpaired) electrons. The minimum absolute atomic E-state index is 0.266. The Hall–Kier alpha value is -2.83. The normalized spacial score (nSPS) is 16.4. The van der Waals surface area contributed by atoms with E-state index < -0.39 is 5.54 Å². The third kappa shape index (κ3) is 2.51. The second-order valence-corrected chi connectivity index (χ2v) is 6.12. The molecule has 24 heavy (non-hydrogen) atoms. The first-order valence-electron chi connectivity index (χ1n) is 8.01. The maximum absolute atomic E-state index is 12.7. The Kier molecular flexibility index (Phi) is 3.48. The van der Waals surface area contributed by atoms with Crippen molar-refractivity contribution in [3.63, 3.8) is 0 Å². The quantitative estimate of drug-likeness (QED) is 0.796. The number of nitrogens with one attached hydrogen (secondary N) is 1. The molecule has 4 rings (SSSR count). The highest BCUT2D eigenvalue weighted by atomic mass is 16.5. The lowest BCUT2D eigenvalue weighted by Crippen LogP contribution is -2.45. The summed E-state index contributed by atoms with van der Waals surface area (Å²) in [5.74, 6) is 0.772. The average Bonchev–Trinajstić information content (AvgIpc) is 3.24. The number of nitrogens with zero attached hydrogens (tertiary/aromatic N) is 4. The van der Waals surface area contributed by atoms with Crippen molar-refractivity contribution >= 4 is 16.9 Å². The highest BCUT2D eigenvalue weighted by Crippen LogP contribution is 2.37. The minimum Gasteiger partial charge on any atom is -0.340 e. The Morgan fingerprint density at radius 3 is 2.62 bits per heavy atom. The first-order valence-corrected chi connectivity index (χ1v) is 8.01. The molecule has 7 heteroatoms. The number of aryl methyl sites for hydroxylation is 1. The van der Waals surface area contributed by atoms with E-state index in [1.807, 2.05) is 24.3 Å². The van der Waals surface area contributed by atoms with Gasteiger partial charge in [0.2, 0.25) is 5.89 Å². The Morgan fingerprint density at radius 1 is 1.17 bits per heavy atom. The van der Waals surface area contributed by atoms with Crippen LogP contribution in [0.5, 0.6) is 0 Å². The fourth-order valence-corrected chi connectivity index (χ4v) is 3.22. The predicted molar refractivity (Wildman–Crippen MR) is 86.2 cm³/mol. The van der Waals surface area contributed by atoms with E-state index >= 15 is 0 Å². The van der Waals surface area contributed by atoms with Gasteiger partial charge >= 0.3 is 0 Å². The molecule has 1 aliphatic rings. The fourth-order valence-electron chi connectivity index (χ4n) is 3.22. The summed E-state index contributed by atoms with van der Waals surface area (Å²) in [5.41, 5.74) is 1.17. The van der Waals surface area contributed by atoms with Crippen LogP contribution in [0.2, 0.25) is 0 Å². The van der Waals surface area contributed by atoms with E-state index in [-0.39, 0.29) is 5.91 Å². The summed E-state index contributed by atoms with van der Waals surface area (Å²) in [4.78, 5) is 25.8. The monoisotopic (exact) mass is 323 g/mol. The van der Waals surface area contributed by atoms with Crippen LogP contribution in [0.15, 0.2) is 35.0 Å². The van der Waals surface area contributed by atoms with E-state index in [4.69, 9.17) is 4.52 Å². The standard InChI is InChI=1S/C17H17N5O2/c1-11-19-16(22-24-11)17(8-4-5-9-17)21-15(23)14-10-18-12-6-2-3-7-13(12)20-14/h2-3,6-7,10H,4-5,8-9H2,1H3,(H,21,23). The first-order chi connectivity index (χ1) is 11.7. The summed E-state index contributed by atoms with van der Waals surface area (Å²) in [5, 5.41) is 7.11. The average molecular weight is 323 g/mol. The Bertz CT molecular complexity index is 899. The number of benzene rings is 1. The summed E-state index contributed by atoms with van der Waals surface area (Å²) in [6.45, 7) is 1.75. The van der Waals surface area contributed by atoms with Gasteiger partial charge in [-0.25, -0.2) is 4.98 Å². The molecule has 122 valence electrons. The minimum atomic E-state index is -0.581. The smallest absolute Gasteiger partial charge is 0.272 e. The fraction of sp³-hybridized carbons (Fsp3) is 0.353. The van der Waals surface area contributed by atoms with Gasteiger partial charge in [-0.15, -0.1) is 0 Å². The molecule has 0 atom stereocenters. The Morgan fingerprint density at radius 2 is 1.92 bits per heavy atom. The molecular weight excluding hydrogens is 306 g/mol. The van der Waals surface area contributed by atoms with Gasteiger partial charge in [0.25, 0.3) is 5.91 Å². The van der Waals surface area contributed by atoms with Crippen molar-refractivity contribution in [1.29, 1.82) is 0 Å². The lowest BCUT2D eigenvalue weighted by Gasteiger charge is -2.26. The number of carbonyl (C=O) groups is 1. The van der Waals surface area contributed by atoms with E-state index in [9.17, 15) is 4.79 Å². The van der Waals surface area contributed by atoms with Crippen LogP contribution < -0.4 is 5.32 Å². The maximum atomic E-state index is 12.7. The van der Waals surface area contributed by atoms with Crippen molar-refractivity contribution in [1.82, 2.24) is 25.4 Å². The lowest BCUT2D eigenvalue weighted by molar-refractivity contribution is 0.0886. The summed E-state index contributed by atoms with van der Waals surface area (Å²) in [6, 6.07) is 7.47. The largest absolute Gasteiger partial charge is 0.340 e. The first kappa shape index (κ1) is 14.7. The zero-order valence-electron chi connectivity index (χ0n) is 13.3. The third-order valence-corrected chi connectivity index (χ3v) is 4.45. The summed E-state index contributed by atoms with van der Waals surface area (Å²) < 4.78 is 5.11. The van der Waals surface area contributed by atoms with E-state index in [2.05, 4.69) is 25.4 Å². The van der Waals surface area contributed by atoms with Gasteiger partial charge in [0, 0.05) is 6.92 Å². The van der Waals surface area contributed by atoms with Crippen molar-refractivity contribution in [2.75, 3.05) is 0 Å². The molecule has 1 fully saturated rings. The summed E-state index contributed by atoms with van der Waals surface area (Å²) in [7, 11) is 0. The molecule has 2 heterocycles. The van der Waals surface area contributed by atoms with Crippen LogP contribution in [0.4, 0.5) is 0 Å². The van der Waals surface area contributed by atoms with Gasteiger partial charge in [0.1, 0.15) is 11.2 Å². The molecule has 3 aromatic rings. The maximum Gasteiger partial charge on any atom is 0.272 e. The molecule has 1 aromatic carbocycles. The molecule has 0 saturated heterocycles. The number of rotatable bonds is 3. The van der Waals surface area contributed by atoms with Crippen molar-refractivity contribution in [3.8, 4) is 0 Å². The predicted octanol–water partition coefficient (Wildman–Crippen LogP) is 2.52. The van der Waals surface area contributed by atoms with Crippen molar-refractivity contribution in [2.45, 2.75) is 38.1 Å². The van der Waals surface area contributed by atoms with Crippen LogP contribution in [0, 0.1) is 6.92 Å². The van der Waals surface area contributed by atoms with Gasteiger partial charge in [-0.1, -0.05) is 30.1 Å².